The molecule has 0 spiro atoms. The highest BCUT2D eigenvalue weighted by atomic mass is 16.6. The van der Waals surface area contributed by atoms with Gasteiger partial charge in [0.05, 0.1) is 0 Å². The van der Waals surface area contributed by atoms with Crippen molar-refractivity contribution in [1.29, 1.82) is 0 Å². The lowest BCUT2D eigenvalue weighted by Gasteiger charge is -2.27. The maximum Gasteiger partial charge on any atom is 0.233 e. The van der Waals surface area contributed by atoms with Crippen LogP contribution in [0.1, 0.15) is 21.5 Å². The zero-order valence-corrected chi connectivity index (χ0v) is 8.27. The van der Waals surface area contributed by atoms with Gasteiger partial charge < -0.3 is 9.84 Å². The van der Waals surface area contributed by atoms with Crippen LogP contribution in [0, 0.1) is 0 Å². The van der Waals surface area contributed by atoms with Crippen molar-refractivity contribution >= 4 is 17.3 Å². The second-order valence-electron chi connectivity index (χ2n) is 3.82. The van der Waals surface area contributed by atoms with Gasteiger partial charge in [-0.3, -0.25) is 9.59 Å². The first kappa shape index (κ1) is 9.30. The molecule has 1 heterocycles. The molecule has 80 valence electrons. The van der Waals surface area contributed by atoms with E-state index in [1.165, 1.54) is 0 Å². The van der Waals surface area contributed by atoms with Crippen LogP contribution < -0.4 is 0 Å². The van der Waals surface area contributed by atoms with E-state index < -0.39 is 17.9 Å². The van der Waals surface area contributed by atoms with E-state index in [-0.39, 0.29) is 0 Å². The number of aliphatic hydroxyl groups excluding tert-OH is 1. The van der Waals surface area contributed by atoms with Gasteiger partial charge in [-0.15, -0.1) is 0 Å². The third kappa shape index (κ3) is 1.13. The summed E-state index contributed by atoms with van der Waals surface area (Å²) in [6.45, 7) is 0. The smallest absolute Gasteiger partial charge is 0.233 e. The number of allylic oxidation sites excluding steroid dienone is 1. The molecule has 2 aliphatic rings. The van der Waals surface area contributed by atoms with Gasteiger partial charge in [0.15, 0.2) is 0 Å². The number of carbonyl (C=O) groups is 2. The summed E-state index contributed by atoms with van der Waals surface area (Å²) < 4.78 is 5.16. The van der Waals surface area contributed by atoms with Gasteiger partial charge in [0.1, 0.15) is 5.76 Å². The van der Waals surface area contributed by atoms with Crippen molar-refractivity contribution in [3.63, 3.8) is 0 Å². The lowest BCUT2D eigenvalue weighted by atomic mass is 9.87. The molecule has 0 amide bonds. The highest BCUT2D eigenvalue weighted by Gasteiger charge is 2.33. The highest BCUT2D eigenvalue weighted by Crippen LogP contribution is 2.34. The second kappa shape index (κ2) is 3.02. The highest BCUT2D eigenvalue weighted by molar-refractivity contribution is 6.50. The van der Waals surface area contributed by atoms with Crippen molar-refractivity contribution in [2.75, 3.05) is 0 Å². The summed E-state index contributed by atoms with van der Waals surface area (Å²) >= 11 is 0. The van der Waals surface area contributed by atoms with E-state index in [0.717, 1.165) is 11.6 Å². The van der Waals surface area contributed by atoms with E-state index in [2.05, 4.69) is 0 Å². The molecule has 16 heavy (non-hydrogen) atoms. The SMILES string of the molecule is O=C1C=C2OC(O)Cc3cccc(c32)C1=O. The molecule has 1 aromatic rings. The standard InChI is InChI=1S/C12H8O4/c13-8-5-9-11-6(4-10(14)16-9)2-1-3-7(11)12(8)15/h1-3,5,10,14H,4H2. The number of benzene rings is 1. The quantitative estimate of drug-likeness (QED) is 0.648. The van der Waals surface area contributed by atoms with Crippen LogP contribution in [0.3, 0.4) is 0 Å². The number of hydrogen-bond acceptors (Lipinski definition) is 4. The molecule has 1 aliphatic heterocycles. The second-order valence-corrected chi connectivity index (χ2v) is 3.82. The van der Waals surface area contributed by atoms with Gasteiger partial charge in [-0.2, -0.15) is 0 Å². The molecule has 0 radical (unpaired) electrons. The Bertz CT molecular complexity index is 542. The van der Waals surface area contributed by atoms with Gasteiger partial charge in [-0.25, -0.2) is 0 Å². The normalized spacial score (nSPS) is 22.3. The predicted octanol–water partition coefficient (Wildman–Crippen LogP) is 0.684. The number of rotatable bonds is 0. The summed E-state index contributed by atoms with van der Waals surface area (Å²) in [5, 5.41) is 9.47. The van der Waals surface area contributed by atoms with Gasteiger partial charge in [0.25, 0.3) is 0 Å². The third-order valence-electron chi connectivity index (χ3n) is 2.79. The molecule has 0 saturated heterocycles. The van der Waals surface area contributed by atoms with Crippen molar-refractivity contribution in [3.05, 3.63) is 41.0 Å². The molecular formula is C12H8O4. The monoisotopic (exact) mass is 216 g/mol. The van der Waals surface area contributed by atoms with Crippen molar-refractivity contribution in [2.24, 2.45) is 0 Å². The summed E-state index contributed by atoms with van der Waals surface area (Å²) in [5.74, 6) is -0.816. The maximum atomic E-state index is 11.6. The predicted molar refractivity (Wildman–Crippen MR) is 54.6 cm³/mol. The van der Waals surface area contributed by atoms with Gasteiger partial charge in [-0.1, -0.05) is 18.2 Å². The fourth-order valence-corrected chi connectivity index (χ4v) is 2.11. The Balaban J connectivity index is 2.31. The molecule has 1 aliphatic carbocycles. The van der Waals surface area contributed by atoms with Gasteiger partial charge in [0, 0.05) is 23.6 Å². The molecule has 1 N–H and O–H groups in total. The summed E-state index contributed by atoms with van der Waals surface area (Å²) in [6.07, 6.45) is 0.536. The lowest BCUT2D eigenvalue weighted by molar-refractivity contribution is -0.111. The zero-order chi connectivity index (χ0) is 11.3. The Morgan fingerprint density at radius 1 is 1.31 bits per heavy atom. The van der Waals surface area contributed by atoms with Crippen LogP contribution in [0.4, 0.5) is 0 Å². The molecular weight excluding hydrogens is 208 g/mol. The molecule has 4 nitrogen and oxygen atoms in total. The first-order chi connectivity index (χ1) is 7.66. The molecule has 3 rings (SSSR count). The molecule has 0 bridgehead atoms. The molecule has 1 atom stereocenters. The molecule has 0 saturated carbocycles. The largest absolute Gasteiger partial charge is 0.464 e. The van der Waals surface area contributed by atoms with E-state index >= 15 is 0 Å². The fraction of sp³-hybridized carbons (Fsp3) is 0.167. The molecule has 4 heteroatoms. The van der Waals surface area contributed by atoms with Crippen molar-refractivity contribution < 1.29 is 19.4 Å². The van der Waals surface area contributed by atoms with E-state index in [4.69, 9.17) is 4.74 Å². The lowest BCUT2D eigenvalue weighted by Crippen LogP contribution is -2.28. The first-order valence-corrected chi connectivity index (χ1v) is 4.94. The Hall–Kier alpha value is -1.94. The third-order valence-corrected chi connectivity index (χ3v) is 2.79. The Morgan fingerprint density at radius 2 is 2.12 bits per heavy atom. The van der Waals surface area contributed by atoms with E-state index in [1.807, 2.05) is 6.07 Å². The van der Waals surface area contributed by atoms with Crippen LogP contribution in [0.5, 0.6) is 0 Å². The van der Waals surface area contributed by atoms with E-state index in [1.54, 1.807) is 12.1 Å². The minimum Gasteiger partial charge on any atom is -0.464 e. The van der Waals surface area contributed by atoms with E-state index in [0.29, 0.717) is 23.3 Å². The minimum atomic E-state index is -0.949. The summed E-state index contributed by atoms with van der Waals surface area (Å²) in [7, 11) is 0. The van der Waals surface area contributed by atoms with Gasteiger partial charge >= 0.3 is 0 Å². The average Bonchev–Trinajstić information content (AvgIpc) is 2.25. The van der Waals surface area contributed by atoms with Crippen LogP contribution in [-0.2, 0) is 16.0 Å². The number of ether oxygens (including phenoxy) is 1. The number of ketones is 2. The van der Waals surface area contributed by atoms with Crippen LogP contribution in [-0.4, -0.2) is 23.0 Å². The summed E-state index contributed by atoms with van der Waals surface area (Å²) in [4.78, 5) is 23.0. The zero-order valence-electron chi connectivity index (χ0n) is 8.27. The van der Waals surface area contributed by atoms with Crippen LogP contribution in [0.15, 0.2) is 24.3 Å². The van der Waals surface area contributed by atoms with Crippen molar-refractivity contribution in [1.82, 2.24) is 0 Å². The van der Waals surface area contributed by atoms with Crippen LogP contribution >= 0.6 is 0 Å². The molecule has 1 unspecified atom stereocenters. The van der Waals surface area contributed by atoms with Crippen LogP contribution in [0.25, 0.3) is 5.76 Å². The maximum absolute atomic E-state index is 11.6. The van der Waals surface area contributed by atoms with Crippen LogP contribution in [0.2, 0.25) is 0 Å². The molecule has 0 aromatic heterocycles. The number of carbonyl (C=O) groups excluding carboxylic acids is 2. The van der Waals surface area contributed by atoms with Gasteiger partial charge in [-0.05, 0) is 5.56 Å². The Morgan fingerprint density at radius 3 is 2.94 bits per heavy atom. The number of Topliss-reactive ketones (excluding diaryl/α,β-unsaturated/α-hetero) is 1. The molecule has 0 fully saturated rings. The first-order valence-electron chi connectivity index (χ1n) is 4.94. The van der Waals surface area contributed by atoms with Gasteiger partial charge in [0.2, 0.25) is 17.9 Å². The topological polar surface area (TPSA) is 63.6 Å². The summed E-state index contributed by atoms with van der Waals surface area (Å²) in [5.41, 5.74) is 1.85. The van der Waals surface area contributed by atoms with E-state index in [9.17, 15) is 14.7 Å². The van der Waals surface area contributed by atoms with Crippen molar-refractivity contribution in [3.8, 4) is 0 Å². The number of aliphatic hydroxyl groups is 1. The molecule has 1 aromatic carbocycles. The summed E-state index contributed by atoms with van der Waals surface area (Å²) in [6, 6.07) is 5.13. The average molecular weight is 216 g/mol. The Labute approximate surface area is 91.2 Å². The Kier molecular flexibility index (Phi) is 1.76. The minimum absolute atomic E-state index is 0.300. The number of hydrogen-bond donors (Lipinski definition) is 1. The fourth-order valence-electron chi connectivity index (χ4n) is 2.11. The van der Waals surface area contributed by atoms with Crippen molar-refractivity contribution in [2.45, 2.75) is 12.7 Å².